The first-order valence-corrected chi connectivity index (χ1v) is 17.3. The fourth-order valence-corrected chi connectivity index (χ4v) is 19.2. The number of nitrogens with zero attached hydrogens (tertiary/aromatic N) is 2. The van der Waals surface area contributed by atoms with Crippen molar-refractivity contribution in [2.24, 2.45) is 0 Å². The van der Waals surface area contributed by atoms with Gasteiger partial charge in [0.15, 0.2) is 0 Å². The normalized spacial score (nSPS) is 11.5. The van der Waals surface area contributed by atoms with E-state index in [9.17, 15) is 0 Å². The molecular weight excluding hydrogens is 399 g/mol. The minimum atomic E-state index is -2.37. The SMILES string of the molecule is C=C(c1cnc[c]([Sn]([CH2]CCC)([CH2]CCC)[CH2]CCC)c1)N(C)C. The van der Waals surface area contributed by atoms with Gasteiger partial charge in [0, 0.05) is 0 Å². The third kappa shape index (κ3) is 6.09. The van der Waals surface area contributed by atoms with E-state index in [0.29, 0.717) is 0 Å². The van der Waals surface area contributed by atoms with Crippen LogP contribution in [0.5, 0.6) is 0 Å². The minimum absolute atomic E-state index is 1.08. The fourth-order valence-electron chi connectivity index (χ4n) is 3.50. The first kappa shape index (κ1) is 21.5. The summed E-state index contributed by atoms with van der Waals surface area (Å²) in [5.74, 6) is 0. The molecule has 0 aliphatic heterocycles. The molecule has 0 saturated heterocycles. The molecule has 0 N–H and O–H groups in total. The number of hydrogen-bond donors (Lipinski definition) is 0. The van der Waals surface area contributed by atoms with E-state index in [2.05, 4.69) is 63.6 Å². The molecule has 24 heavy (non-hydrogen) atoms. The van der Waals surface area contributed by atoms with E-state index in [1.165, 1.54) is 57.4 Å². The molecule has 0 amide bonds. The number of pyridine rings is 1. The molecule has 0 spiro atoms. The van der Waals surface area contributed by atoms with Crippen LogP contribution in [0.1, 0.15) is 64.9 Å². The molecule has 0 unspecified atom stereocenters. The Labute approximate surface area is 154 Å². The molecule has 1 rings (SSSR count). The van der Waals surface area contributed by atoms with Gasteiger partial charge >= 0.3 is 155 Å². The second kappa shape index (κ2) is 11.2. The van der Waals surface area contributed by atoms with Crippen molar-refractivity contribution in [1.82, 2.24) is 9.88 Å². The Morgan fingerprint density at radius 1 is 0.958 bits per heavy atom. The molecule has 0 radical (unpaired) electrons. The molecular formula is C21H38N2Sn. The molecule has 0 bridgehead atoms. The van der Waals surface area contributed by atoms with Crippen LogP contribution >= 0.6 is 0 Å². The van der Waals surface area contributed by atoms with Gasteiger partial charge in [0.2, 0.25) is 0 Å². The molecule has 2 nitrogen and oxygen atoms in total. The molecule has 0 saturated carbocycles. The van der Waals surface area contributed by atoms with Crippen molar-refractivity contribution in [3.8, 4) is 0 Å². The van der Waals surface area contributed by atoms with Crippen molar-refractivity contribution in [3.05, 3.63) is 30.6 Å². The van der Waals surface area contributed by atoms with Gasteiger partial charge in [-0.2, -0.15) is 0 Å². The molecule has 0 aromatic carbocycles. The summed E-state index contributed by atoms with van der Waals surface area (Å²) in [6, 6.07) is 2.45. The molecule has 0 fully saturated rings. The Morgan fingerprint density at radius 2 is 1.46 bits per heavy atom. The third-order valence-electron chi connectivity index (χ3n) is 5.25. The second-order valence-electron chi connectivity index (χ2n) is 7.39. The van der Waals surface area contributed by atoms with Crippen LogP contribution < -0.4 is 3.58 Å². The maximum atomic E-state index is 4.64. The molecule has 0 aliphatic carbocycles. The topological polar surface area (TPSA) is 16.1 Å². The Kier molecular flexibility index (Phi) is 10.0. The molecule has 3 heteroatoms. The first-order valence-electron chi connectivity index (χ1n) is 9.82. The summed E-state index contributed by atoms with van der Waals surface area (Å²) in [4.78, 5) is 6.74. The summed E-state index contributed by atoms with van der Waals surface area (Å²) < 4.78 is 6.11. The zero-order valence-corrected chi connectivity index (χ0v) is 19.6. The van der Waals surface area contributed by atoms with E-state index in [4.69, 9.17) is 0 Å². The number of hydrogen-bond acceptors (Lipinski definition) is 2. The van der Waals surface area contributed by atoms with Crippen LogP contribution in [-0.4, -0.2) is 42.4 Å². The van der Waals surface area contributed by atoms with Crippen molar-refractivity contribution in [2.75, 3.05) is 14.1 Å². The van der Waals surface area contributed by atoms with Gasteiger partial charge < -0.3 is 0 Å². The van der Waals surface area contributed by atoms with E-state index in [-0.39, 0.29) is 0 Å². The summed E-state index contributed by atoms with van der Waals surface area (Å²) in [6.45, 7) is 11.2. The van der Waals surface area contributed by atoms with E-state index in [1.807, 2.05) is 6.20 Å². The Hall–Kier alpha value is -0.511. The van der Waals surface area contributed by atoms with Crippen LogP contribution in [0.3, 0.4) is 0 Å². The zero-order valence-electron chi connectivity index (χ0n) is 16.7. The monoisotopic (exact) mass is 438 g/mol. The molecule has 1 heterocycles. The first-order chi connectivity index (χ1) is 11.5. The summed E-state index contributed by atoms with van der Waals surface area (Å²) in [5.41, 5.74) is 2.29. The van der Waals surface area contributed by atoms with E-state index in [0.717, 1.165) is 5.70 Å². The van der Waals surface area contributed by atoms with Crippen LogP contribution in [0.25, 0.3) is 5.70 Å². The van der Waals surface area contributed by atoms with Gasteiger partial charge in [0.05, 0.1) is 0 Å². The predicted molar refractivity (Wildman–Crippen MR) is 111 cm³/mol. The van der Waals surface area contributed by atoms with Gasteiger partial charge in [-0.3, -0.25) is 0 Å². The standard InChI is InChI=1S/C9H11N2.3C4H9.Sn/c1-8(11(2)3)9-5-4-6-10-7-9;3*1-3-4-2;/h5-7H,1H2,2-3H3;3*1,3-4H2,2H3;. The van der Waals surface area contributed by atoms with Crippen LogP contribution in [-0.2, 0) is 0 Å². The molecule has 1 aromatic rings. The molecule has 0 atom stereocenters. The van der Waals surface area contributed by atoms with Gasteiger partial charge in [-0.1, -0.05) is 0 Å². The van der Waals surface area contributed by atoms with Gasteiger partial charge in [-0.15, -0.1) is 0 Å². The average molecular weight is 437 g/mol. The number of rotatable bonds is 12. The summed E-state index contributed by atoms with van der Waals surface area (Å²) >= 11 is -2.37. The predicted octanol–water partition coefficient (Wildman–Crippen LogP) is 5.67. The molecule has 0 aliphatic rings. The van der Waals surface area contributed by atoms with Gasteiger partial charge in [-0.05, 0) is 0 Å². The number of unbranched alkanes of at least 4 members (excludes halogenated alkanes) is 3. The van der Waals surface area contributed by atoms with E-state index < -0.39 is 18.4 Å². The molecule has 136 valence electrons. The van der Waals surface area contributed by atoms with Crippen LogP contribution in [0.2, 0.25) is 13.3 Å². The van der Waals surface area contributed by atoms with Crippen molar-refractivity contribution in [1.29, 1.82) is 0 Å². The van der Waals surface area contributed by atoms with Crippen LogP contribution in [0, 0.1) is 0 Å². The Morgan fingerprint density at radius 3 is 1.88 bits per heavy atom. The summed E-state index contributed by atoms with van der Waals surface area (Å²) in [5, 5.41) is 0. The van der Waals surface area contributed by atoms with Crippen LogP contribution in [0.15, 0.2) is 25.0 Å². The van der Waals surface area contributed by atoms with E-state index >= 15 is 0 Å². The quantitative estimate of drug-likeness (QED) is 0.392. The van der Waals surface area contributed by atoms with Crippen molar-refractivity contribution in [3.63, 3.8) is 0 Å². The fraction of sp³-hybridized carbons (Fsp3) is 0.667. The summed E-state index contributed by atoms with van der Waals surface area (Å²) in [6.07, 6.45) is 12.3. The van der Waals surface area contributed by atoms with Crippen molar-refractivity contribution < 1.29 is 0 Å². The number of aromatic nitrogens is 1. The second-order valence-corrected chi connectivity index (χ2v) is 20.6. The maximum absolute atomic E-state index is 4.64. The van der Waals surface area contributed by atoms with Crippen molar-refractivity contribution in [2.45, 2.75) is 72.6 Å². The van der Waals surface area contributed by atoms with Gasteiger partial charge in [0.25, 0.3) is 0 Å². The third-order valence-corrected chi connectivity index (χ3v) is 20.7. The van der Waals surface area contributed by atoms with Gasteiger partial charge in [-0.25, -0.2) is 0 Å². The zero-order chi connectivity index (χ0) is 18.0. The average Bonchev–Trinajstić information content (AvgIpc) is 2.60. The molecule has 1 aromatic heterocycles. The van der Waals surface area contributed by atoms with Crippen molar-refractivity contribution >= 4 is 27.7 Å². The Bertz CT molecular complexity index is 475. The van der Waals surface area contributed by atoms with Crippen LogP contribution in [0.4, 0.5) is 0 Å². The van der Waals surface area contributed by atoms with E-state index in [1.54, 1.807) is 3.58 Å². The van der Waals surface area contributed by atoms with Gasteiger partial charge in [0.1, 0.15) is 0 Å². The summed E-state index contributed by atoms with van der Waals surface area (Å²) in [7, 11) is 4.13. The Balaban J connectivity index is 3.23.